The number of aromatic nitrogens is 1. The van der Waals surface area contributed by atoms with Gasteiger partial charge in [0.15, 0.2) is 0 Å². The molecule has 0 spiro atoms. The van der Waals surface area contributed by atoms with Crippen molar-refractivity contribution < 1.29 is 0 Å². The summed E-state index contributed by atoms with van der Waals surface area (Å²) in [5.41, 5.74) is 5.66. The molecule has 2 nitrogen and oxygen atoms in total. The topological polar surface area (TPSA) is 30.9 Å². The zero-order chi connectivity index (χ0) is 6.97. The van der Waals surface area contributed by atoms with Crippen molar-refractivity contribution in [2.45, 2.75) is 24.9 Å². The van der Waals surface area contributed by atoms with E-state index in [1.807, 2.05) is 0 Å². The Hall–Kier alpha value is -0.760. The summed E-state index contributed by atoms with van der Waals surface area (Å²) in [4.78, 5) is 0. The smallest absolute Gasteiger partial charge is 0.0360 e. The predicted molar refractivity (Wildman–Crippen MR) is 40.7 cm³/mol. The SMILES string of the molecule is NC1CC(n2cccc2)C1. The van der Waals surface area contributed by atoms with Crippen molar-refractivity contribution >= 4 is 0 Å². The second-order valence-electron chi connectivity index (χ2n) is 3.02. The molecule has 2 rings (SSSR count). The maximum atomic E-state index is 5.66. The molecule has 2 N–H and O–H groups in total. The largest absolute Gasteiger partial charge is 0.351 e. The first-order chi connectivity index (χ1) is 4.86. The van der Waals surface area contributed by atoms with Crippen LogP contribution in [0.1, 0.15) is 18.9 Å². The van der Waals surface area contributed by atoms with Gasteiger partial charge >= 0.3 is 0 Å². The summed E-state index contributed by atoms with van der Waals surface area (Å²) in [7, 11) is 0. The lowest BCUT2D eigenvalue weighted by molar-refractivity contribution is 0.267. The third-order valence-corrected chi connectivity index (χ3v) is 2.20. The van der Waals surface area contributed by atoms with E-state index in [1.54, 1.807) is 0 Å². The van der Waals surface area contributed by atoms with Crippen LogP contribution in [0.4, 0.5) is 0 Å². The van der Waals surface area contributed by atoms with Crippen LogP contribution in [0.15, 0.2) is 24.5 Å². The molecule has 1 aromatic rings. The van der Waals surface area contributed by atoms with Gasteiger partial charge in [-0.25, -0.2) is 0 Å². The minimum Gasteiger partial charge on any atom is -0.351 e. The highest BCUT2D eigenvalue weighted by Crippen LogP contribution is 2.30. The molecule has 1 aromatic heterocycles. The molecule has 1 saturated carbocycles. The zero-order valence-electron chi connectivity index (χ0n) is 5.90. The monoisotopic (exact) mass is 136 g/mol. The fourth-order valence-corrected chi connectivity index (χ4v) is 1.46. The fourth-order valence-electron chi connectivity index (χ4n) is 1.46. The molecule has 0 saturated heterocycles. The van der Waals surface area contributed by atoms with E-state index in [1.165, 1.54) is 0 Å². The van der Waals surface area contributed by atoms with Crippen LogP contribution >= 0.6 is 0 Å². The first-order valence-corrected chi connectivity index (χ1v) is 3.74. The third kappa shape index (κ3) is 0.847. The van der Waals surface area contributed by atoms with E-state index in [0.717, 1.165) is 12.8 Å². The molecule has 1 aliphatic rings. The van der Waals surface area contributed by atoms with Gasteiger partial charge in [-0.15, -0.1) is 0 Å². The van der Waals surface area contributed by atoms with Crippen LogP contribution in [0.5, 0.6) is 0 Å². The van der Waals surface area contributed by atoms with Crippen molar-refractivity contribution in [2.24, 2.45) is 5.73 Å². The predicted octanol–water partition coefficient (Wildman–Crippen LogP) is 1.15. The lowest BCUT2D eigenvalue weighted by atomic mass is 9.87. The molecular formula is C8H12N2. The van der Waals surface area contributed by atoms with Gasteiger partial charge in [-0.1, -0.05) is 0 Å². The van der Waals surface area contributed by atoms with Crippen LogP contribution in [0.25, 0.3) is 0 Å². The Bertz CT molecular complexity index is 197. The van der Waals surface area contributed by atoms with Gasteiger partial charge in [-0.2, -0.15) is 0 Å². The molecule has 1 aliphatic carbocycles. The molecule has 0 aliphatic heterocycles. The van der Waals surface area contributed by atoms with Gasteiger partial charge in [-0.3, -0.25) is 0 Å². The summed E-state index contributed by atoms with van der Waals surface area (Å²) in [5, 5.41) is 0. The van der Waals surface area contributed by atoms with Crippen molar-refractivity contribution in [3.8, 4) is 0 Å². The van der Waals surface area contributed by atoms with E-state index in [-0.39, 0.29) is 0 Å². The highest BCUT2D eigenvalue weighted by Gasteiger charge is 2.26. The van der Waals surface area contributed by atoms with Crippen molar-refractivity contribution in [2.75, 3.05) is 0 Å². The van der Waals surface area contributed by atoms with Crippen LogP contribution in [0.2, 0.25) is 0 Å². The Kier molecular flexibility index (Phi) is 1.27. The highest BCUT2D eigenvalue weighted by molar-refractivity contribution is 4.97. The second-order valence-corrected chi connectivity index (χ2v) is 3.02. The third-order valence-electron chi connectivity index (χ3n) is 2.20. The molecule has 10 heavy (non-hydrogen) atoms. The van der Waals surface area contributed by atoms with E-state index in [4.69, 9.17) is 5.73 Å². The fraction of sp³-hybridized carbons (Fsp3) is 0.500. The standard InChI is InChI=1S/C8H12N2/c9-7-5-8(6-7)10-3-1-2-4-10/h1-4,7-8H,5-6,9H2. The second kappa shape index (κ2) is 2.13. The molecule has 0 amide bonds. The molecular weight excluding hydrogens is 124 g/mol. The molecule has 2 heteroatoms. The van der Waals surface area contributed by atoms with Crippen molar-refractivity contribution in [3.63, 3.8) is 0 Å². The van der Waals surface area contributed by atoms with E-state index in [9.17, 15) is 0 Å². The number of hydrogen-bond acceptors (Lipinski definition) is 1. The first kappa shape index (κ1) is 5.98. The van der Waals surface area contributed by atoms with Crippen LogP contribution in [-0.4, -0.2) is 10.6 Å². The van der Waals surface area contributed by atoms with Gasteiger partial charge < -0.3 is 10.3 Å². The molecule has 0 radical (unpaired) electrons. The van der Waals surface area contributed by atoms with E-state index < -0.39 is 0 Å². The molecule has 54 valence electrons. The van der Waals surface area contributed by atoms with Crippen molar-refractivity contribution in [1.29, 1.82) is 0 Å². The van der Waals surface area contributed by atoms with Gasteiger partial charge in [0.25, 0.3) is 0 Å². The summed E-state index contributed by atoms with van der Waals surface area (Å²) in [6, 6.07) is 5.26. The molecule has 0 aromatic carbocycles. The molecule has 1 fully saturated rings. The lowest BCUT2D eigenvalue weighted by Gasteiger charge is -2.33. The van der Waals surface area contributed by atoms with Crippen LogP contribution in [-0.2, 0) is 0 Å². The molecule has 0 bridgehead atoms. The average molecular weight is 136 g/mol. The van der Waals surface area contributed by atoms with Crippen LogP contribution in [0, 0.1) is 0 Å². The Morgan fingerprint density at radius 2 is 1.80 bits per heavy atom. The maximum absolute atomic E-state index is 5.66. The summed E-state index contributed by atoms with van der Waals surface area (Å²) in [6.07, 6.45) is 6.51. The Morgan fingerprint density at radius 1 is 1.20 bits per heavy atom. The van der Waals surface area contributed by atoms with Crippen molar-refractivity contribution in [1.82, 2.24) is 4.57 Å². The molecule has 0 atom stereocenters. The summed E-state index contributed by atoms with van der Waals surface area (Å²) in [5.74, 6) is 0. The normalized spacial score (nSPS) is 31.7. The minimum absolute atomic E-state index is 0.451. The number of hydrogen-bond donors (Lipinski definition) is 1. The summed E-state index contributed by atoms with van der Waals surface area (Å²) < 4.78 is 2.24. The van der Waals surface area contributed by atoms with Gasteiger partial charge in [0.05, 0.1) is 0 Å². The lowest BCUT2D eigenvalue weighted by Crippen LogP contribution is -2.37. The summed E-state index contributed by atoms with van der Waals surface area (Å²) >= 11 is 0. The number of nitrogens with zero attached hydrogens (tertiary/aromatic N) is 1. The molecule has 1 heterocycles. The van der Waals surface area contributed by atoms with Crippen LogP contribution < -0.4 is 5.73 Å². The Labute approximate surface area is 60.6 Å². The molecule has 0 unspecified atom stereocenters. The van der Waals surface area contributed by atoms with E-state index in [0.29, 0.717) is 12.1 Å². The minimum atomic E-state index is 0.451. The number of nitrogens with two attached hydrogens (primary N) is 1. The van der Waals surface area contributed by atoms with Gasteiger partial charge in [0.1, 0.15) is 0 Å². The van der Waals surface area contributed by atoms with Crippen LogP contribution in [0.3, 0.4) is 0 Å². The Balaban J connectivity index is 2.04. The van der Waals surface area contributed by atoms with Gasteiger partial charge in [0, 0.05) is 24.5 Å². The average Bonchev–Trinajstić information content (AvgIpc) is 2.31. The van der Waals surface area contributed by atoms with Crippen molar-refractivity contribution in [3.05, 3.63) is 24.5 Å². The maximum Gasteiger partial charge on any atom is 0.0360 e. The van der Waals surface area contributed by atoms with Gasteiger partial charge in [0.2, 0.25) is 0 Å². The highest BCUT2D eigenvalue weighted by atomic mass is 15.0. The quantitative estimate of drug-likeness (QED) is 0.617. The van der Waals surface area contributed by atoms with E-state index >= 15 is 0 Å². The first-order valence-electron chi connectivity index (χ1n) is 3.74. The Morgan fingerprint density at radius 3 is 2.30 bits per heavy atom. The number of rotatable bonds is 1. The van der Waals surface area contributed by atoms with E-state index in [2.05, 4.69) is 29.1 Å². The summed E-state index contributed by atoms with van der Waals surface area (Å²) in [6.45, 7) is 0. The van der Waals surface area contributed by atoms with Gasteiger partial charge in [-0.05, 0) is 25.0 Å². The zero-order valence-corrected chi connectivity index (χ0v) is 5.90.